The molecule has 7 heteroatoms. The van der Waals surface area contributed by atoms with E-state index in [1.54, 1.807) is 24.3 Å². The Kier molecular flexibility index (Phi) is 5.63. The summed E-state index contributed by atoms with van der Waals surface area (Å²) < 4.78 is 28.3. The van der Waals surface area contributed by atoms with Crippen LogP contribution in [0.15, 0.2) is 12.4 Å². The number of piperidine rings is 1. The fourth-order valence-corrected chi connectivity index (χ4v) is 4.36. The van der Waals surface area contributed by atoms with Gasteiger partial charge in [-0.1, -0.05) is 13.3 Å². The normalized spacial score (nSPS) is 24.0. The Morgan fingerprint density at radius 1 is 1.45 bits per heavy atom. The maximum atomic E-state index is 12.3. The zero-order chi connectivity index (χ0) is 16.3. The fourth-order valence-electron chi connectivity index (χ4n) is 3.00. The molecule has 1 N–H and O–H groups in total. The minimum Gasteiger partial charge on any atom is -0.337 e. The van der Waals surface area contributed by atoms with Crippen molar-refractivity contribution in [1.29, 1.82) is 0 Å². The summed E-state index contributed by atoms with van der Waals surface area (Å²) in [5.41, 5.74) is 0. The first-order valence-electron chi connectivity index (χ1n) is 8.04. The Morgan fingerprint density at radius 2 is 2.18 bits per heavy atom. The second kappa shape index (κ2) is 7.10. The molecule has 2 atom stereocenters. The Morgan fingerprint density at radius 3 is 2.73 bits per heavy atom. The highest BCUT2D eigenvalue weighted by molar-refractivity contribution is 7.89. The second-order valence-electron chi connectivity index (χ2n) is 6.35. The smallest absolute Gasteiger partial charge is 0.216 e. The van der Waals surface area contributed by atoms with E-state index in [0.717, 1.165) is 25.2 Å². The number of sulfonamides is 1. The van der Waals surface area contributed by atoms with Gasteiger partial charge < -0.3 is 9.88 Å². The zero-order valence-corrected chi connectivity index (χ0v) is 14.8. The molecule has 1 aromatic rings. The van der Waals surface area contributed by atoms with E-state index in [0.29, 0.717) is 25.0 Å². The molecule has 0 saturated carbocycles. The number of aryl methyl sites for hydroxylation is 1. The molecule has 126 valence electrons. The van der Waals surface area contributed by atoms with Crippen molar-refractivity contribution < 1.29 is 8.42 Å². The monoisotopic (exact) mass is 328 g/mol. The Balaban J connectivity index is 1.97. The number of nitrogens with one attached hydrogen (secondary N) is 1. The van der Waals surface area contributed by atoms with Gasteiger partial charge in [-0.05, 0) is 26.2 Å². The molecule has 0 bridgehead atoms. The van der Waals surface area contributed by atoms with Gasteiger partial charge in [-0.25, -0.2) is 17.7 Å². The third-order valence-electron chi connectivity index (χ3n) is 4.62. The van der Waals surface area contributed by atoms with E-state index < -0.39 is 10.0 Å². The molecule has 0 spiro atoms. The van der Waals surface area contributed by atoms with E-state index in [9.17, 15) is 8.42 Å². The minimum absolute atomic E-state index is 0.345. The first-order chi connectivity index (χ1) is 10.4. The van der Waals surface area contributed by atoms with Crippen LogP contribution < -0.4 is 5.32 Å². The third kappa shape index (κ3) is 3.70. The summed E-state index contributed by atoms with van der Waals surface area (Å²) >= 11 is 0. The van der Waals surface area contributed by atoms with Crippen LogP contribution in [-0.2, 0) is 23.6 Å². The molecule has 0 aromatic carbocycles. The minimum atomic E-state index is -3.14. The van der Waals surface area contributed by atoms with Gasteiger partial charge in [-0.3, -0.25) is 0 Å². The molecular formula is C15H28N4O2S. The quantitative estimate of drug-likeness (QED) is 0.856. The van der Waals surface area contributed by atoms with Crippen LogP contribution in [-0.4, -0.2) is 46.7 Å². The van der Waals surface area contributed by atoms with E-state index in [4.69, 9.17) is 0 Å². The molecule has 6 nitrogen and oxygen atoms in total. The van der Waals surface area contributed by atoms with Crippen molar-refractivity contribution in [1.82, 2.24) is 19.2 Å². The largest absolute Gasteiger partial charge is 0.337 e. The number of nitrogens with zero attached hydrogens (tertiary/aromatic N) is 3. The summed E-state index contributed by atoms with van der Waals surface area (Å²) in [5, 5.41) is 3.22. The molecule has 1 aromatic heterocycles. The van der Waals surface area contributed by atoms with E-state index in [1.807, 2.05) is 17.8 Å². The van der Waals surface area contributed by atoms with E-state index in [1.165, 1.54) is 0 Å². The molecule has 22 heavy (non-hydrogen) atoms. The lowest BCUT2D eigenvalue weighted by Gasteiger charge is -2.38. The first-order valence-corrected chi connectivity index (χ1v) is 9.55. The van der Waals surface area contributed by atoms with Crippen molar-refractivity contribution in [3.63, 3.8) is 0 Å². The highest BCUT2D eigenvalue weighted by Gasteiger charge is 2.35. The molecule has 1 aliphatic rings. The summed E-state index contributed by atoms with van der Waals surface area (Å²) in [6.45, 7) is 7.58. The molecule has 0 unspecified atom stereocenters. The van der Waals surface area contributed by atoms with Crippen molar-refractivity contribution in [2.75, 3.05) is 13.1 Å². The molecule has 2 heterocycles. The van der Waals surface area contributed by atoms with Gasteiger partial charge in [0, 0.05) is 38.6 Å². The zero-order valence-electron chi connectivity index (χ0n) is 14.0. The van der Waals surface area contributed by atoms with Gasteiger partial charge in [-0.15, -0.1) is 0 Å². The predicted molar refractivity (Wildman–Crippen MR) is 87.9 cm³/mol. The van der Waals surface area contributed by atoms with Crippen molar-refractivity contribution >= 4 is 10.0 Å². The van der Waals surface area contributed by atoms with Crippen LogP contribution in [0.1, 0.15) is 39.4 Å². The van der Waals surface area contributed by atoms with Gasteiger partial charge in [0.05, 0.1) is 11.8 Å². The van der Waals surface area contributed by atoms with E-state index >= 15 is 0 Å². The number of aromatic nitrogens is 2. The average molecular weight is 328 g/mol. The van der Waals surface area contributed by atoms with E-state index in [-0.39, 0.29) is 5.25 Å². The van der Waals surface area contributed by atoms with Crippen molar-refractivity contribution in [2.45, 2.75) is 51.4 Å². The first kappa shape index (κ1) is 17.4. The second-order valence-corrected chi connectivity index (χ2v) is 8.84. The summed E-state index contributed by atoms with van der Waals surface area (Å²) in [7, 11) is -1.16. The van der Waals surface area contributed by atoms with Crippen molar-refractivity contribution in [2.24, 2.45) is 13.0 Å². The topological polar surface area (TPSA) is 67.2 Å². The Bertz CT molecular complexity index is 582. The third-order valence-corrected chi connectivity index (χ3v) is 6.86. The molecular weight excluding hydrogens is 300 g/mol. The van der Waals surface area contributed by atoms with Gasteiger partial charge in [0.15, 0.2) is 0 Å². The highest BCUT2D eigenvalue weighted by Crippen LogP contribution is 2.24. The molecule has 0 radical (unpaired) electrons. The SMILES string of the molecule is CC[C@@H]1CN(S(=O)(=O)C(C)C)CC[C@@H]1NCc1nccn1C. The summed E-state index contributed by atoms with van der Waals surface area (Å²) in [4.78, 5) is 4.32. The van der Waals surface area contributed by atoms with Crippen LogP contribution in [0.4, 0.5) is 0 Å². The van der Waals surface area contributed by atoms with E-state index in [2.05, 4.69) is 17.2 Å². The van der Waals surface area contributed by atoms with Crippen LogP contribution in [0.25, 0.3) is 0 Å². The molecule has 1 aliphatic heterocycles. The fraction of sp³-hybridized carbons (Fsp3) is 0.800. The molecule has 2 rings (SSSR count). The van der Waals surface area contributed by atoms with Crippen molar-refractivity contribution in [3.8, 4) is 0 Å². The lowest BCUT2D eigenvalue weighted by molar-refractivity contribution is 0.199. The summed E-state index contributed by atoms with van der Waals surface area (Å²) in [6.07, 6.45) is 5.56. The van der Waals surface area contributed by atoms with Crippen molar-refractivity contribution in [3.05, 3.63) is 18.2 Å². The maximum Gasteiger partial charge on any atom is 0.216 e. The van der Waals surface area contributed by atoms with Crippen LogP contribution in [0, 0.1) is 5.92 Å². The maximum absolute atomic E-state index is 12.3. The number of hydrogen-bond acceptors (Lipinski definition) is 4. The number of imidazole rings is 1. The standard InChI is InChI=1S/C15H28N4O2S/c1-5-13-11-19(22(20,21)12(2)3)8-6-14(13)17-10-15-16-7-9-18(15)4/h7,9,12-14,17H,5-6,8,10-11H2,1-4H3/t13-,14+/m1/s1. The van der Waals surface area contributed by atoms with Gasteiger partial charge in [0.1, 0.15) is 5.82 Å². The molecule has 1 fully saturated rings. The van der Waals surface area contributed by atoms with Gasteiger partial charge in [0.25, 0.3) is 0 Å². The molecule has 0 amide bonds. The Hall–Kier alpha value is -0.920. The number of rotatable bonds is 6. The lowest BCUT2D eigenvalue weighted by Crippen LogP contribution is -2.52. The van der Waals surface area contributed by atoms with Gasteiger partial charge in [0.2, 0.25) is 10.0 Å². The van der Waals surface area contributed by atoms with Crippen LogP contribution in [0.2, 0.25) is 0 Å². The summed E-state index contributed by atoms with van der Waals surface area (Å²) in [5.74, 6) is 1.36. The highest BCUT2D eigenvalue weighted by atomic mass is 32.2. The Labute approximate surface area is 134 Å². The summed E-state index contributed by atoms with van der Waals surface area (Å²) in [6, 6.07) is 0.348. The van der Waals surface area contributed by atoms with Crippen LogP contribution in [0.5, 0.6) is 0 Å². The molecule has 0 aliphatic carbocycles. The average Bonchev–Trinajstić information content (AvgIpc) is 2.90. The predicted octanol–water partition coefficient (Wildman–Crippen LogP) is 1.35. The van der Waals surface area contributed by atoms with Crippen LogP contribution in [0.3, 0.4) is 0 Å². The lowest BCUT2D eigenvalue weighted by atomic mass is 9.91. The van der Waals surface area contributed by atoms with Gasteiger partial charge in [-0.2, -0.15) is 0 Å². The number of hydrogen-bond donors (Lipinski definition) is 1. The molecule has 1 saturated heterocycles. The van der Waals surface area contributed by atoms with Crippen LogP contribution >= 0.6 is 0 Å². The van der Waals surface area contributed by atoms with Gasteiger partial charge >= 0.3 is 0 Å².